The van der Waals surface area contributed by atoms with E-state index in [9.17, 15) is 4.79 Å². The summed E-state index contributed by atoms with van der Waals surface area (Å²) in [5.41, 5.74) is 7.41. The molecular formula is C15H16ClN3O. The van der Waals surface area contributed by atoms with Gasteiger partial charge in [-0.15, -0.1) is 0 Å². The van der Waals surface area contributed by atoms with Gasteiger partial charge >= 0.3 is 0 Å². The number of aromatic nitrogens is 1. The third-order valence-electron chi connectivity index (χ3n) is 3.88. The number of carbonyl (C=O) groups excluding carboxylic acids is 1. The van der Waals surface area contributed by atoms with Crippen LogP contribution in [0.5, 0.6) is 0 Å². The van der Waals surface area contributed by atoms with Crippen LogP contribution in [0.1, 0.15) is 19.3 Å². The highest BCUT2D eigenvalue weighted by Crippen LogP contribution is 2.30. The zero-order valence-electron chi connectivity index (χ0n) is 11.0. The normalized spacial score (nSPS) is 22.1. The number of hydrogen-bond acceptors (Lipinski definition) is 3. The van der Waals surface area contributed by atoms with E-state index in [1.165, 1.54) is 0 Å². The molecule has 2 atom stereocenters. The summed E-state index contributed by atoms with van der Waals surface area (Å²) in [4.78, 5) is 16.6. The van der Waals surface area contributed by atoms with Crippen LogP contribution in [0.4, 0.5) is 5.69 Å². The Morgan fingerprint density at radius 1 is 1.35 bits per heavy atom. The number of benzene rings is 1. The topological polar surface area (TPSA) is 68.0 Å². The van der Waals surface area contributed by atoms with Crippen molar-refractivity contribution in [1.82, 2.24) is 4.98 Å². The minimum absolute atomic E-state index is 0.0116. The Morgan fingerprint density at radius 2 is 2.20 bits per heavy atom. The molecule has 4 nitrogen and oxygen atoms in total. The van der Waals surface area contributed by atoms with Gasteiger partial charge in [0.15, 0.2) is 0 Å². The predicted molar refractivity (Wildman–Crippen MR) is 80.7 cm³/mol. The molecule has 3 rings (SSSR count). The van der Waals surface area contributed by atoms with Crippen molar-refractivity contribution < 1.29 is 4.79 Å². The van der Waals surface area contributed by atoms with E-state index >= 15 is 0 Å². The minimum atomic E-state index is -0.0996. The van der Waals surface area contributed by atoms with Crippen molar-refractivity contribution in [2.24, 2.45) is 11.7 Å². The first-order valence-electron chi connectivity index (χ1n) is 6.76. The molecule has 1 aromatic carbocycles. The van der Waals surface area contributed by atoms with E-state index in [1.54, 1.807) is 12.3 Å². The first-order valence-corrected chi connectivity index (χ1v) is 7.14. The first kappa shape index (κ1) is 13.3. The molecule has 20 heavy (non-hydrogen) atoms. The van der Waals surface area contributed by atoms with Gasteiger partial charge in [0.1, 0.15) is 0 Å². The molecule has 3 N–H and O–H groups in total. The van der Waals surface area contributed by atoms with Gasteiger partial charge in [0.2, 0.25) is 5.91 Å². The molecular weight excluding hydrogens is 274 g/mol. The van der Waals surface area contributed by atoms with Gasteiger partial charge < -0.3 is 11.1 Å². The lowest BCUT2D eigenvalue weighted by Gasteiger charge is -2.16. The number of hydrogen-bond donors (Lipinski definition) is 2. The molecule has 0 spiro atoms. The number of nitrogens with two attached hydrogens (primary N) is 1. The van der Waals surface area contributed by atoms with Crippen LogP contribution >= 0.6 is 11.6 Å². The third kappa shape index (κ3) is 2.37. The lowest BCUT2D eigenvalue weighted by molar-refractivity contribution is -0.120. The third-order valence-corrected chi connectivity index (χ3v) is 4.19. The molecule has 1 aliphatic carbocycles. The van der Waals surface area contributed by atoms with Crippen LogP contribution < -0.4 is 11.1 Å². The lowest BCUT2D eigenvalue weighted by atomic mass is 10.0. The highest BCUT2D eigenvalue weighted by atomic mass is 35.5. The van der Waals surface area contributed by atoms with Gasteiger partial charge in [0, 0.05) is 17.6 Å². The molecule has 0 bridgehead atoms. The summed E-state index contributed by atoms with van der Waals surface area (Å²) in [5, 5.41) is 4.39. The average molecular weight is 290 g/mol. The van der Waals surface area contributed by atoms with Gasteiger partial charge in [-0.3, -0.25) is 9.78 Å². The van der Waals surface area contributed by atoms with Gasteiger partial charge in [-0.1, -0.05) is 18.0 Å². The quantitative estimate of drug-likeness (QED) is 0.893. The van der Waals surface area contributed by atoms with E-state index in [1.807, 2.05) is 18.2 Å². The number of amides is 1. The van der Waals surface area contributed by atoms with Crippen LogP contribution in [0, 0.1) is 5.92 Å². The summed E-state index contributed by atoms with van der Waals surface area (Å²) in [6.07, 6.45) is 4.48. The number of nitrogens with one attached hydrogen (secondary N) is 1. The highest BCUT2D eigenvalue weighted by Gasteiger charge is 2.30. The van der Waals surface area contributed by atoms with Crippen molar-refractivity contribution in [2.75, 3.05) is 5.32 Å². The van der Waals surface area contributed by atoms with E-state index < -0.39 is 0 Å². The molecule has 2 aromatic rings. The van der Waals surface area contributed by atoms with Crippen LogP contribution in [0.2, 0.25) is 5.02 Å². The van der Waals surface area contributed by atoms with Crippen LogP contribution in [-0.4, -0.2) is 16.9 Å². The number of halogens is 1. The molecule has 1 saturated carbocycles. The molecule has 0 aliphatic heterocycles. The number of pyridine rings is 1. The van der Waals surface area contributed by atoms with Crippen LogP contribution in [0.3, 0.4) is 0 Å². The van der Waals surface area contributed by atoms with Gasteiger partial charge in [-0.2, -0.15) is 0 Å². The summed E-state index contributed by atoms with van der Waals surface area (Å²) in [5.74, 6) is -0.111. The highest BCUT2D eigenvalue weighted by molar-refractivity contribution is 6.35. The summed E-state index contributed by atoms with van der Waals surface area (Å²) in [6.45, 7) is 0. The van der Waals surface area contributed by atoms with Crippen LogP contribution in [-0.2, 0) is 4.79 Å². The van der Waals surface area contributed by atoms with Gasteiger partial charge in [0.25, 0.3) is 0 Å². The van der Waals surface area contributed by atoms with E-state index in [-0.39, 0.29) is 17.9 Å². The average Bonchev–Trinajstić information content (AvgIpc) is 2.88. The SMILES string of the molecule is NC1CCCC1C(=O)Nc1ccc(Cl)c2ncccc12. The smallest absolute Gasteiger partial charge is 0.229 e. The second kappa shape index (κ2) is 5.38. The summed E-state index contributed by atoms with van der Waals surface area (Å²) in [6, 6.07) is 7.26. The number of anilines is 1. The Kier molecular flexibility index (Phi) is 3.59. The molecule has 1 heterocycles. The maximum atomic E-state index is 12.3. The molecule has 1 aromatic heterocycles. The number of fused-ring (bicyclic) bond motifs is 1. The molecule has 1 amide bonds. The molecule has 1 aliphatic rings. The van der Waals surface area contributed by atoms with E-state index in [0.717, 1.165) is 30.3 Å². The first-order chi connectivity index (χ1) is 9.66. The summed E-state index contributed by atoms with van der Waals surface area (Å²) >= 11 is 6.12. The van der Waals surface area contributed by atoms with Gasteiger partial charge in [-0.05, 0) is 37.1 Å². The van der Waals surface area contributed by atoms with E-state index in [0.29, 0.717) is 10.5 Å². The molecule has 1 fully saturated rings. The van der Waals surface area contributed by atoms with Gasteiger partial charge in [0.05, 0.1) is 22.1 Å². The molecule has 5 heteroatoms. The zero-order chi connectivity index (χ0) is 14.1. The molecule has 104 valence electrons. The Balaban J connectivity index is 1.91. The Labute approximate surface area is 122 Å². The van der Waals surface area contributed by atoms with Crippen molar-refractivity contribution in [3.63, 3.8) is 0 Å². The fourth-order valence-corrected chi connectivity index (χ4v) is 3.00. The largest absolute Gasteiger partial charge is 0.327 e. The fourth-order valence-electron chi connectivity index (χ4n) is 2.79. The zero-order valence-corrected chi connectivity index (χ0v) is 11.7. The standard InChI is InChI=1S/C15H16ClN3O/c16-11-6-7-13(10-4-2-8-18-14(10)11)19-15(20)9-3-1-5-12(9)17/h2,4,6-9,12H,1,3,5,17H2,(H,19,20). The van der Waals surface area contributed by atoms with Crippen molar-refractivity contribution in [3.8, 4) is 0 Å². The number of carbonyl (C=O) groups is 1. The Morgan fingerprint density at radius 3 is 2.95 bits per heavy atom. The Hall–Kier alpha value is -1.65. The Bertz CT molecular complexity index is 659. The number of nitrogens with zero attached hydrogens (tertiary/aromatic N) is 1. The maximum absolute atomic E-state index is 12.3. The lowest BCUT2D eigenvalue weighted by Crippen LogP contribution is -2.34. The monoisotopic (exact) mass is 289 g/mol. The summed E-state index contributed by atoms with van der Waals surface area (Å²) in [7, 11) is 0. The molecule has 0 radical (unpaired) electrons. The van der Waals surface area contributed by atoms with Crippen molar-refractivity contribution in [2.45, 2.75) is 25.3 Å². The minimum Gasteiger partial charge on any atom is -0.327 e. The second-order valence-corrected chi connectivity index (χ2v) is 5.59. The summed E-state index contributed by atoms with van der Waals surface area (Å²) < 4.78 is 0. The number of rotatable bonds is 2. The van der Waals surface area contributed by atoms with Crippen LogP contribution in [0.25, 0.3) is 10.9 Å². The molecule has 0 saturated heterocycles. The molecule has 2 unspecified atom stereocenters. The predicted octanol–water partition coefficient (Wildman–Crippen LogP) is 2.95. The van der Waals surface area contributed by atoms with Crippen molar-refractivity contribution in [1.29, 1.82) is 0 Å². The van der Waals surface area contributed by atoms with Gasteiger partial charge in [-0.25, -0.2) is 0 Å². The van der Waals surface area contributed by atoms with E-state index in [2.05, 4.69) is 10.3 Å². The fraction of sp³-hybridized carbons (Fsp3) is 0.333. The second-order valence-electron chi connectivity index (χ2n) is 5.19. The van der Waals surface area contributed by atoms with Crippen molar-refractivity contribution in [3.05, 3.63) is 35.5 Å². The van der Waals surface area contributed by atoms with Crippen LogP contribution in [0.15, 0.2) is 30.5 Å². The van der Waals surface area contributed by atoms with Crippen molar-refractivity contribution >= 4 is 34.1 Å². The maximum Gasteiger partial charge on any atom is 0.229 e. The van der Waals surface area contributed by atoms with E-state index in [4.69, 9.17) is 17.3 Å².